The van der Waals surface area contributed by atoms with Crippen molar-refractivity contribution in [2.45, 2.75) is 43.9 Å². The van der Waals surface area contributed by atoms with Crippen molar-refractivity contribution in [2.24, 2.45) is 5.92 Å². The van der Waals surface area contributed by atoms with Crippen molar-refractivity contribution in [1.29, 1.82) is 0 Å². The minimum Gasteiger partial charge on any atom is -0.352 e. The van der Waals surface area contributed by atoms with Gasteiger partial charge in [-0.15, -0.1) is 11.3 Å². The average molecular weight is 475 g/mol. The molecule has 4 rings (SSSR count). The van der Waals surface area contributed by atoms with E-state index in [0.29, 0.717) is 49.6 Å². The van der Waals surface area contributed by atoms with Crippen molar-refractivity contribution in [2.75, 3.05) is 13.1 Å². The summed E-state index contributed by atoms with van der Waals surface area (Å²) < 4.78 is 33.2. The maximum atomic E-state index is 13.2. The second kappa shape index (κ2) is 9.51. The maximum absolute atomic E-state index is 13.2. The van der Waals surface area contributed by atoms with Gasteiger partial charge in [0.1, 0.15) is 4.21 Å². The molecule has 10 heteroatoms. The molecule has 1 N–H and O–H groups in total. The van der Waals surface area contributed by atoms with Crippen LogP contribution in [0.3, 0.4) is 0 Å². The minimum absolute atomic E-state index is 0.115. The Hall–Kier alpha value is -2.56. The van der Waals surface area contributed by atoms with Gasteiger partial charge in [0.05, 0.1) is 5.92 Å². The summed E-state index contributed by atoms with van der Waals surface area (Å²) in [6, 6.07) is 9.54. The largest absolute Gasteiger partial charge is 0.352 e. The highest BCUT2D eigenvalue weighted by Gasteiger charge is 2.34. The van der Waals surface area contributed by atoms with Crippen LogP contribution in [-0.4, -0.2) is 41.9 Å². The molecule has 0 radical (unpaired) electrons. The summed E-state index contributed by atoms with van der Waals surface area (Å²) in [6.07, 6.45) is 1.93. The van der Waals surface area contributed by atoms with Crippen LogP contribution >= 0.6 is 11.3 Å². The first-order chi connectivity index (χ1) is 15.4. The Kier molecular flexibility index (Phi) is 6.73. The normalized spacial score (nSPS) is 17.4. The van der Waals surface area contributed by atoms with Gasteiger partial charge in [0, 0.05) is 37.0 Å². The quantitative estimate of drug-likeness (QED) is 0.563. The fraction of sp³-hybridized carbons (Fsp3) is 0.409. The molecule has 1 atom stereocenters. The number of carbonyl (C=O) groups is 1. The third kappa shape index (κ3) is 4.92. The second-order valence-electron chi connectivity index (χ2n) is 7.93. The highest BCUT2D eigenvalue weighted by atomic mass is 32.2. The van der Waals surface area contributed by atoms with E-state index in [2.05, 4.69) is 15.5 Å². The summed E-state index contributed by atoms with van der Waals surface area (Å²) >= 11 is 1.13. The lowest BCUT2D eigenvalue weighted by Gasteiger charge is -2.30. The second-order valence-corrected chi connectivity index (χ2v) is 11.0. The molecular weight excluding hydrogens is 448 g/mol. The zero-order valence-electron chi connectivity index (χ0n) is 18.1. The minimum atomic E-state index is -3.70. The topological polar surface area (TPSA) is 105 Å². The summed E-state index contributed by atoms with van der Waals surface area (Å²) in [4.78, 5) is 17.0. The number of carbonyl (C=O) groups excluding carboxylic acids is 1. The number of nitrogens with zero attached hydrogens (tertiary/aromatic N) is 3. The van der Waals surface area contributed by atoms with E-state index in [-0.39, 0.29) is 22.6 Å². The molecule has 3 heterocycles. The molecule has 0 spiro atoms. The van der Waals surface area contributed by atoms with Crippen LogP contribution in [0.5, 0.6) is 0 Å². The van der Waals surface area contributed by atoms with Crippen LogP contribution in [0, 0.1) is 12.8 Å². The molecular formula is C22H26N4O4S2. The molecule has 1 aromatic carbocycles. The number of rotatable bonds is 7. The average Bonchev–Trinajstić information content (AvgIpc) is 3.48. The SMILES string of the molecule is CCc1nc(-c2csc(S(=O)(=O)N3CCC[C@@H](C(=O)NCc4ccc(C)cc4)C3)c2)no1. The lowest BCUT2D eigenvalue weighted by atomic mass is 9.98. The molecule has 0 saturated carbocycles. The first kappa shape index (κ1) is 22.6. The van der Waals surface area contributed by atoms with E-state index in [0.717, 1.165) is 22.5 Å². The van der Waals surface area contributed by atoms with Gasteiger partial charge < -0.3 is 9.84 Å². The molecule has 170 valence electrons. The van der Waals surface area contributed by atoms with Crippen molar-refractivity contribution in [3.63, 3.8) is 0 Å². The van der Waals surface area contributed by atoms with E-state index in [4.69, 9.17) is 4.52 Å². The number of piperidine rings is 1. The molecule has 0 bridgehead atoms. The highest BCUT2D eigenvalue weighted by Crippen LogP contribution is 2.31. The Morgan fingerprint density at radius 3 is 2.81 bits per heavy atom. The summed E-state index contributed by atoms with van der Waals surface area (Å²) in [5, 5.41) is 8.57. The standard InChI is InChI=1S/C22H26N4O4S2/c1-3-19-24-21(25-30-19)18-11-20(31-14-18)32(28,29)26-10-4-5-17(13-26)22(27)23-12-16-8-6-15(2)7-9-16/h6-9,11,14,17H,3-5,10,12-13H2,1-2H3,(H,23,27)/t17-/m1/s1. The fourth-order valence-electron chi connectivity index (χ4n) is 3.63. The van der Waals surface area contributed by atoms with Crippen molar-refractivity contribution < 1.29 is 17.7 Å². The molecule has 3 aromatic rings. The van der Waals surface area contributed by atoms with Gasteiger partial charge in [0.25, 0.3) is 10.0 Å². The number of hydrogen-bond acceptors (Lipinski definition) is 7. The Morgan fingerprint density at radius 2 is 2.09 bits per heavy atom. The zero-order valence-corrected chi connectivity index (χ0v) is 19.7. The molecule has 1 amide bonds. The summed E-state index contributed by atoms with van der Waals surface area (Å²) in [5.41, 5.74) is 2.79. The number of hydrogen-bond donors (Lipinski definition) is 1. The van der Waals surface area contributed by atoms with Gasteiger partial charge in [0.15, 0.2) is 0 Å². The van der Waals surface area contributed by atoms with Crippen molar-refractivity contribution in [3.8, 4) is 11.4 Å². The maximum Gasteiger partial charge on any atom is 0.252 e. The molecule has 32 heavy (non-hydrogen) atoms. The number of aromatic nitrogens is 2. The summed E-state index contributed by atoms with van der Waals surface area (Å²) in [7, 11) is -3.70. The molecule has 1 aliphatic heterocycles. The Balaban J connectivity index is 1.41. The van der Waals surface area contributed by atoms with Gasteiger partial charge in [0.2, 0.25) is 17.6 Å². The number of sulfonamides is 1. The molecule has 8 nitrogen and oxygen atoms in total. The van der Waals surface area contributed by atoms with Crippen LogP contribution in [0.25, 0.3) is 11.4 Å². The molecule has 2 aromatic heterocycles. The van der Waals surface area contributed by atoms with Gasteiger partial charge in [-0.1, -0.05) is 41.9 Å². The predicted molar refractivity (Wildman–Crippen MR) is 121 cm³/mol. The van der Waals surface area contributed by atoms with Crippen LogP contribution in [-0.2, 0) is 27.8 Å². The van der Waals surface area contributed by atoms with Crippen LogP contribution < -0.4 is 5.32 Å². The summed E-state index contributed by atoms with van der Waals surface area (Å²) in [5.74, 6) is 0.404. The van der Waals surface area contributed by atoms with Crippen LogP contribution in [0.2, 0.25) is 0 Å². The Labute approximate surface area is 191 Å². The van der Waals surface area contributed by atoms with E-state index in [9.17, 15) is 13.2 Å². The first-order valence-electron chi connectivity index (χ1n) is 10.6. The number of benzene rings is 1. The van der Waals surface area contributed by atoms with Crippen LogP contribution in [0.15, 0.2) is 44.4 Å². The zero-order chi connectivity index (χ0) is 22.7. The summed E-state index contributed by atoms with van der Waals surface area (Å²) in [6.45, 7) is 4.93. The Morgan fingerprint density at radius 1 is 1.31 bits per heavy atom. The molecule has 1 saturated heterocycles. The van der Waals surface area contributed by atoms with Gasteiger partial charge in [-0.2, -0.15) is 9.29 Å². The number of aryl methyl sites for hydroxylation is 2. The van der Waals surface area contributed by atoms with Gasteiger partial charge >= 0.3 is 0 Å². The van der Waals surface area contributed by atoms with Gasteiger partial charge in [-0.3, -0.25) is 4.79 Å². The lowest BCUT2D eigenvalue weighted by molar-refractivity contribution is -0.126. The molecule has 0 unspecified atom stereocenters. The third-order valence-corrected chi connectivity index (χ3v) is 8.82. The van der Waals surface area contributed by atoms with Gasteiger partial charge in [-0.05, 0) is 31.4 Å². The van der Waals surface area contributed by atoms with Crippen molar-refractivity contribution >= 4 is 27.3 Å². The predicted octanol–water partition coefficient (Wildman–Crippen LogP) is 3.39. The monoisotopic (exact) mass is 474 g/mol. The number of amides is 1. The van der Waals surface area contributed by atoms with Crippen LogP contribution in [0.1, 0.15) is 36.8 Å². The molecule has 0 aliphatic carbocycles. The van der Waals surface area contributed by atoms with E-state index in [1.165, 1.54) is 4.31 Å². The lowest BCUT2D eigenvalue weighted by Crippen LogP contribution is -2.45. The third-order valence-electron chi connectivity index (χ3n) is 5.54. The first-order valence-corrected chi connectivity index (χ1v) is 12.9. The van der Waals surface area contributed by atoms with E-state index >= 15 is 0 Å². The van der Waals surface area contributed by atoms with E-state index in [1.54, 1.807) is 11.4 Å². The molecule has 1 fully saturated rings. The Bertz CT molecular complexity index is 1180. The van der Waals surface area contributed by atoms with E-state index in [1.807, 2.05) is 38.1 Å². The van der Waals surface area contributed by atoms with Crippen molar-refractivity contribution in [1.82, 2.24) is 19.8 Å². The number of thiophene rings is 1. The smallest absolute Gasteiger partial charge is 0.252 e. The number of nitrogens with one attached hydrogen (secondary N) is 1. The highest BCUT2D eigenvalue weighted by molar-refractivity contribution is 7.91. The fourth-order valence-corrected chi connectivity index (χ4v) is 6.46. The molecule has 1 aliphatic rings. The van der Waals surface area contributed by atoms with Crippen LogP contribution in [0.4, 0.5) is 0 Å². The van der Waals surface area contributed by atoms with Gasteiger partial charge in [-0.25, -0.2) is 8.42 Å². The van der Waals surface area contributed by atoms with E-state index < -0.39 is 10.0 Å². The van der Waals surface area contributed by atoms with Crippen molar-refractivity contribution in [3.05, 3.63) is 52.7 Å².